The van der Waals surface area contributed by atoms with Gasteiger partial charge in [-0.3, -0.25) is 4.57 Å². The predicted molar refractivity (Wildman–Crippen MR) is 114 cm³/mol. The number of hydrogen-bond acceptors (Lipinski definition) is 7. The highest BCUT2D eigenvalue weighted by Crippen LogP contribution is 2.42. The smallest absolute Gasteiger partial charge is 0.192 e. The van der Waals surface area contributed by atoms with Crippen molar-refractivity contribution in [3.05, 3.63) is 63.7 Å². The molecule has 5 rings (SSSR count). The molecule has 3 aromatic heterocycles. The van der Waals surface area contributed by atoms with Crippen molar-refractivity contribution in [2.45, 2.75) is 36.4 Å². The fraction of sp³-hybridized carbons (Fsp3) is 0.250. The molecule has 0 spiro atoms. The van der Waals surface area contributed by atoms with Crippen molar-refractivity contribution < 1.29 is 9.13 Å². The summed E-state index contributed by atoms with van der Waals surface area (Å²) in [7, 11) is 0. The van der Waals surface area contributed by atoms with Crippen molar-refractivity contribution in [1.29, 1.82) is 0 Å². The van der Waals surface area contributed by atoms with Crippen molar-refractivity contribution in [2.24, 2.45) is 0 Å². The summed E-state index contributed by atoms with van der Waals surface area (Å²) in [5, 5.41) is 14.9. The maximum Gasteiger partial charge on any atom is 0.192 e. The number of nitrogens with zero attached hydrogens (tertiary/aromatic N) is 4. The SMILES string of the molecule is Fc1ccc(OCc2nc(CSc3nnc(-c4cccs4)n3C3CC3)cs2)cc1. The molecule has 0 amide bonds. The van der Waals surface area contributed by atoms with Crippen molar-refractivity contribution in [3.8, 4) is 16.5 Å². The van der Waals surface area contributed by atoms with Crippen molar-refractivity contribution >= 4 is 34.4 Å². The highest BCUT2D eigenvalue weighted by atomic mass is 32.2. The minimum atomic E-state index is -0.271. The number of rotatable bonds is 8. The van der Waals surface area contributed by atoms with Crippen LogP contribution >= 0.6 is 34.4 Å². The topological polar surface area (TPSA) is 52.8 Å². The first kappa shape index (κ1) is 18.8. The van der Waals surface area contributed by atoms with Gasteiger partial charge in [0.05, 0.1) is 10.6 Å². The lowest BCUT2D eigenvalue weighted by molar-refractivity contribution is 0.305. The van der Waals surface area contributed by atoms with E-state index in [2.05, 4.69) is 31.2 Å². The Morgan fingerprint density at radius 2 is 2.00 bits per heavy atom. The fourth-order valence-electron chi connectivity index (χ4n) is 2.91. The number of thioether (sulfide) groups is 1. The van der Waals surface area contributed by atoms with E-state index < -0.39 is 0 Å². The molecular weight excluding hydrogens is 427 g/mol. The standard InChI is InChI=1S/C20H17FN4OS3/c21-13-3-7-16(8-4-13)26-10-18-22-14(11-28-18)12-29-20-24-23-19(17-2-1-9-27-17)25(20)15-5-6-15/h1-4,7-9,11,15H,5-6,10,12H2. The number of ether oxygens (including phenoxy) is 1. The Bertz CT molecular complexity index is 1090. The second-order valence-corrected chi connectivity index (χ2v) is 9.48. The second-order valence-electron chi connectivity index (χ2n) is 6.65. The largest absolute Gasteiger partial charge is 0.486 e. The molecule has 0 radical (unpaired) electrons. The van der Waals surface area contributed by atoms with Gasteiger partial charge < -0.3 is 4.74 Å². The van der Waals surface area contributed by atoms with Gasteiger partial charge in [-0.05, 0) is 48.6 Å². The molecule has 0 saturated heterocycles. The summed E-state index contributed by atoms with van der Waals surface area (Å²) in [6.07, 6.45) is 2.37. The lowest BCUT2D eigenvalue weighted by Crippen LogP contribution is -1.99. The summed E-state index contributed by atoms with van der Waals surface area (Å²) in [5.41, 5.74) is 1.00. The Kier molecular flexibility index (Phi) is 5.34. The van der Waals surface area contributed by atoms with Crippen molar-refractivity contribution in [1.82, 2.24) is 19.7 Å². The predicted octanol–water partition coefficient (Wildman–Crippen LogP) is 5.81. The van der Waals surface area contributed by atoms with E-state index in [0.717, 1.165) is 32.3 Å². The molecule has 1 fully saturated rings. The van der Waals surface area contributed by atoms with E-state index in [1.165, 1.54) is 25.0 Å². The Balaban J connectivity index is 1.23. The van der Waals surface area contributed by atoms with Crippen LogP contribution in [-0.4, -0.2) is 19.7 Å². The maximum absolute atomic E-state index is 13.0. The normalized spacial score (nSPS) is 13.7. The first-order valence-electron chi connectivity index (χ1n) is 9.19. The van der Waals surface area contributed by atoms with Crippen LogP contribution < -0.4 is 4.74 Å². The Morgan fingerprint density at radius 1 is 1.14 bits per heavy atom. The zero-order valence-electron chi connectivity index (χ0n) is 15.3. The molecule has 5 nitrogen and oxygen atoms in total. The number of thiazole rings is 1. The van der Waals surface area contributed by atoms with E-state index in [4.69, 9.17) is 4.74 Å². The summed E-state index contributed by atoms with van der Waals surface area (Å²) in [6, 6.07) is 10.7. The Hall–Kier alpha value is -2.23. The van der Waals surface area contributed by atoms with Crippen molar-refractivity contribution in [3.63, 3.8) is 0 Å². The van der Waals surface area contributed by atoms with E-state index in [0.29, 0.717) is 18.4 Å². The monoisotopic (exact) mass is 444 g/mol. The molecule has 1 saturated carbocycles. The molecule has 4 aromatic rings. The number of benzene rings is 1. The molecule has 0 bridgehead atoms. The van der Waals surface area contributed by atoms with Crippen LogP contribution in [0.5, 0.6) is 5.75 Å². The zero-order valence-corrected chi connectivity index (χ0v) is 17.8. The van der Waals surface area contributed by atoms with E-state index in [-0.39, 0.29) is 5.82 Å². The third kappa shape index (κ3) is 4.36. The minimum absolute atomic E-state index is 0.271. The molecule has 0 aliphatic heterocycles. The average Bonchev–Trinajstić information content (AvgIpc) is 3.14. The molecule has 1 aromatic carbocycles. The van der Waals surface area contributed by atoms with Crippen LogP contribution in [0.4, 0.5) is 4.39 Å². The van der Waals surface area contributed by atoms with E-state index in [1.807, 2.05) is 11.4 Å². The van der Waals surface area contributed by atoms with Crippen LogP contribution in [0.25, 0.3) is 10.7 Å². The van der Waals surface area contributed by atoms with E-state index in [1.54, 1.807) is 46.6 Å². The van der Waals surface area contributed by atoms with Gasteiger partial charge in [-0.2, -0.15) is 0 Å². The number of aromatic nitrogens is 4. The number of halogens is 1. The van der Waals surface area contributed by atoms with Gasteiger partial charge in [0.1, 0.15) is 23.2 Å². The van der Waals surface area contributed by atoms with E-state index >= 15 is 0 Å². The molecule has 3 heterocycles. The molecule has 0 N–H and O–H groups in total. The summed E-state index contributed by atoms with van der Waals surface area (Å²) in [4.78, 5) is 5.81. The lowest BCUT2D eigenvalue weighted by atomic mass is 10.3. The van der Waals surface area contributed by atoms with Crippen LogP contribution in [0.2, 0.25) is 0 Å². The zero-order chi connectivity index (χ0) is 19.6. The van der Waals surface area contributed by atoms with Crippen LogP contribution in [0, 0.1) is 5.82 Å². The van der Waals surface area contributed by atoms with Gasteiger partial charge in [0.25, 0.3) is 0 Å². The molecule has 9 heteroatoms. The third-order valence-corrected chi connectivity index (χ3v) is 7.16. The fourth-order valence-corrected chi connectivity index (χ4v) is 5.32. The summed E-state index contributed by atoms with van der Waals surface area (Å²) in [6.45, 7) is 0.377. The molecule has 0 atom stereocenters. The highest BCUT2D eigenvalue weighted by molar-refractivity contribution is 7.98. The van der Waals surface area contributed by atoms with Crippen LogP contribution in [0.3, 0.4) is 0 Å². The quantitative estimate of drug-likeness (QED) is 0.321. The van der Waals surface area contributed by atoms with Gasteiger partial charge in [0, 0.05) is 17.2 Å². The Morgan fingerprint density at radius 3 is 2.76 bits per heavy atom. The van der Waals surface area contributed by atoms with Gasteiger partial charge in [-0.1, -0.05) is 17.8 Å². The third-order valence-electron chi connectivity index (χ3n) is 4.44. The van der Waals surface area contributed by atoms with Gasteiger partial charge in [0.15, 0.2) is 11.0 Å². The average molecular weight is 445 g/mol. The van der Waals surface area contributed by atoms with Gasteiger partial charge >= 0.3 is 0 Å². The van der Waals surface area contributed by atoms with Crippen LogP contribution in [-0.2, 0) is 12.4 Å². The molecule has 29 heavy (non-hydrogen) atoms. The number of thiophene rings is 1. The second kappa shape index (κ2) is 8.25. The van der Waals surface area contributed by atoms with Gasteiger partial charge in [-0.25, -0.2) is 9.37 Å². The van der Waals surface area contributed by atoms with Crippen molar-refractivity contribution in [2.75, 3.05) is 0 Å². The van der Waals surface area contributed by atoms with Crippen LogP contribution in [0.1, 0.15) is 29.6 Å². The summed E-state index contributed by atoms with van der Waals surface area (Å²) in [5.74, 6) is 2.07. The van der Waals surface area contributed by atoms with E-state index in [9.17, 15) is 4.39 Å². The highest BCUT2D eigenvalue weighted by Gasteiger charge is 2.30. The first-order chi connectivity index (χ1) is 14.3. The minimum Gasteiger partial charge on any atom is -0.486 e. The van der Waals surface area contributed by atoms with Gasteiger partial charge in [-0.15, -0.1) is 32.9 Å². The first-order valence-corrected chi connectivity index (χ1v) is 11.9. The van der Waals surface area contributed by atoms with Crippen LogP contribution in [0.15, 0.2) is 52.3 Å². The summed E-state index contributed by atoms with van der Waals surface area (Å²) < 4.78 is 20.9. The Labute approximate surface area is 179 Å². The number of hydrogen-bond donors (Lipinski definition) is 0. The molecule has 148 valence electrons. The maximum atomic E-state index is 13.0. The molecule has 0 unspecified atom stereocenters. The van der Waals surface area contributed by atoms with Gasteiger partial charge in [0.2, 0.25) is 0 Å². The lowest BCUT2D eigenvalue weighted by Gasteiger charge is -2.07. The molecule has 1 aliphatic rings. The molecule has 1 aliphatic carbocycles. The molecular formula is C20H17FN4OS3. The summed E-state index contributed by atoms with van der Waals surface area (Å²) >= 11 is 4.93.